The van der Waals surface area contributed by atoms with E-state index < -0.39 is 5.97 Å². The summed E-state index contributed by atoms with van der Waals surface area (Å²) in [5, 5.41) is 15.8. The van der Waals surface area contributed by atoms with Gasteiger partial charge in [-0.15, -0.1) is 0 Å². The van der Waals surface area contributed by atoms with E-state index in [1.165, 1.54) is 17.3 Å². The number of nitrogens with zero attached hydrogens (tertiary/aromatic N) is 2. The lowest BCUT2D eigenvalue weighted by Crippen LogP contribution is -2.41. The number of hydrogen-bond acceptors (Lipinski definition) is 3. The average molecular weight is 265 g/mol. The van der Waals surface area contributed by atoms with Crippen molar-refractivity contribution in [2.75, 3.05) is 0 Å². The molecule has 0 radical (unpaired) electrons. The van der Waals surface area contributed by atoms with Crippen LogP contribution in [0.4, 0.5) is 0 Å². The van der Waals surface area contributed by atoms with Crippen LogP contribution in [0.25, 0.3) is 0 Å². The fraction of sp³-hybridized carbons (Fsp3) is 0.615. The molecule has 1 aromatic rings. The van der Waals surface area contributed by atoms with Crippen LogP contribution in [-0.2, 0) is 7.05 Å². The maximum atomic E-state index is 12.2. The molecule has 2 unspecified atom stereocenters. The Hall–Kier alpha value is -1.85. The highest BCUT2D eigenvalue weighted by molar-refractivity contribution is 6.03. The largest absolute Gasteiger partial charge is 0.476 e. The lowest BCUT2D eigenvalue weighted by molar-refractivity contribution is 0.0683. The van der Waals surface area contributed by atoms with Crippen LogP contribution in [0.5, 0.6) is 0 Å². The Labute approximate surface area is 111 Å². The van der Waals surface area contributed by atoms with E-state index in [9.17, 15) is 9.59 Å². The summed E-state index contributed by atoms with van der Waals surface area (Å²) in [5.74, 6) is -1.09. The average Bonchev–Trinajstić information content (AvgIpc) is 2.74. The van der Waals surface area contributed by atoms with Crippen LogP contribution in [0.15, 0.2) is 6.20 Å². The fourth-order valence-corrected chi connectivity index (χ4v) is 2.59. The summed E-state index contributed by atoms with van der Waals surface area (Å²) in [4.78, 5) is 23.2. The molecule has 1 saturated carbocycles. The van der Waals surface area contributed by atoms with Crippen LogP contribution in [0.2, 0.25) is 0 Å². The van der Waals surface area contributed by atoms with Crippen LogP contribution < -0.4 is 5.32 Å². The Morgan fingerprint density at radius 2 is 2.11 bits per heavy atom. The summed E-state index contributed by atoms with van der Waals surface area (Å²) < 4.78 is 1.35. The molecule has 1 fully saturated rings. The Morgan fingerprint density at radius 3 is 2.74 bits per heavy atom. The van der Waals surface area contributed by atoms with Gasteiger partial charge in [-0.3, -0.25) is 9.48 Å². The van der Waals surface area contributed by atoms with Crippen LogP contribution >= 0.6 is 0 Å². The molecule has 1 amide bonds. The molecule has 0 aliphatic heterocycles. The molecule has 1 aromatic heterocycles. The van der Waals surface area contributed by atoms with Crippen molar-refractivity contribution in [2.24, 2.45) is 13.0 Å². The number of carboxylic acids is 1. The van der Waals surface area contributed by atoms with E-state index in [1.807, 2.05) is 0 Å². The third-order valence-electron chi connectivity index (χ3n) is 3.70. The highest BCUT2D eigenvalue weighted by Crippen LogP contribution is 2.24. The van der Waals surface area contributed by atoms with Crippen molar-refractivity contribution < 1.29 is 14.7 Å². The number of carbonyl (C=O) groups excluding carboxylic acids is 1. The zero-order chi connectivity index (χ0) is 14.0. The van der Waals surface area contributed by atoms with E-state index in [0.29, 0.717) is 5.92 Å². The molecule has 0 spiro atoms. The van der Waals surface area contributed by atoms with Gasteiger partial charge in [0, 0.05) is 19.3 Å². The number of rotatable bonds is 3. The first-order valence-corrected chi connectivity index (χ1v) is 6.57. The maximum Gasteiger partial charge on any atom is 0.357 e. The molecule has 2 atom stereocenters. The molecule has 6 nitrogen and oxygen atoms in total. The minimum atomic E-state index is -1.18. The van der Waals surface area contributed by atoms with Gasteiger partial charge in [-0.1, -0.05) is 19.8 Å². The van der Waals surface area contributed by atoms with Crippen molar-refractivity contribution in [3.63, 3.8) is 0 Å². The van der Waals surface area contributed by atoms with Gasteiger partial charge >= 0.3 is 5.97 Å². The molecule has 2 rings (SSSR count). The summed E-state index contributed by atoms with van der Waals surface area (Å²) in [6.45, 7) is 2.12. The highest BCUT2D eigenvalue weighted by Gasteiger charge is 2.26. The first-order chi connectivity index (χ1) is 8.99. The number of nitrogens with one attached hydrogen (secondary N) is 1. The zero-order valence-corrected chi connectivity index (χ0v) is 11.2. The quantitative estimate of drug-likeness (QED) is 0.865. The third-order valence-corrected chi connectivity index (χ3v) is 3.70. The van der Waals surface area contributed by atoms with Crippen molar-refractivity contribution in [2.45, 2.75) is 38.6 Å². The number of carbonyl (C=O) groups is 2. The number of aromatic carboxylic acids is 1. The molecule has 1 aliphatic carbocycles. The molecule has 19 heavy (non-hydrogen) atoms. The standard InChI is InChI=1S/C13H19N3O3/c1-8-5-3-4-6-10(8)14-12(17)9-7-16(2)15-11(9)13(18)19/h7-8,10H,3-6H2,1-2H3,(H,14,17)(H,18,19). The van der Waals surface area contributed by atoms with E-state index in [0.717, 1.165) is 19.3 Å². The normalized spacial score (nSPS) is 23.1. The summed E-state index contributed by atoms with van der Waals surface area (Å²) in [7, 11) is 1.60. The van der Waals surface area contributed by atoms with E-state index in [4.69, 9.17) is 5.11 Å². The first kappa shape index (κ1) is 13.6. The summed E-state index contributed by atoms with van der Waals surface area (Å²) in [6, 6.07) is 0.128. The smallest absolute Gasteiger partial charge is 0.357 e. The van der Waals surface area contributed by atoms with Crippen molar-refractivity contribution in [3.05, 3.63) is 17.5 Å². The molecule has 1 heterocycles. The van der Waals surface area contributed by atoms with Crippen molar-refractivity contribution in [1.29, 1.82) is 0 Å². The van der Waals surface area contributed by atoms with Gasteiger partial charge in [0.25, 0.3) is 5.91 Å². The van der Waals surface area contributed by atoms with E-state index >= 15 is 0 Å². The molecule has 2 N–H and O–H groups in total. The van der Waals surface area contributed by atoms with E-state index in [-0.39, 0.29) is 23.2 Å². The molecule has 0 saturated heterocycles. The minimum Gasteiger partial charge on any atom is -0.476 e. The van der Waals surface area contributed by atoms with Gasteiger partial charge in [0.05, 0.1) is 5.56 Å². The second-order valence-corrected chi connectivity index (χ2v) is 5.21. The SMILES string of the molecule is CC1CCCCC1NC(=O)c1cn(C)nc1C(=O)O. The second-order valence-electron chi connectivity index (χ2n) is 5.21. The Kier molecular flexibility index (Phi) is 3.87. The van der Waals surface area contributed by atoms with Crippen LogP contribution in [-0.4, -0.2) is 32.8 Å². The van der Waals surface area contributed by atoms with Gasteiger partial charge in [0.2, 0.25) is 0 Å². The zero-order valence-electron chi connectivity index (χ0n) is 11.2. The summed E-state index contributed by atoms with van der Waals surface area (Å²) in [5.41, 5.74) is -0.0590. The number of hydrogen-bond donors (Lipinski definition) is 2. The van der Waals surface area contributed by atoms with Gasteiger partial charge in [-0.05, 0) is 18.8 Å². The van der Waals surface area contributed by atoms with E-state index in [2.05, 4.69) is 17.3 Å². The number of carboxylic acid groups (broad SMARTS) is 1. The molecule has 0 aromatic carbocycles. The van der Waals surface area contributed by atoms with Crippen LogP contribution in [0.1, 0.15) is 53.5 Å². The molecule has 6 heteroatoms. The topological polar surface area (TPSA) is 84.2 Å². The lowest BCUT2D eigenvalue weighted by atomic mass is 9.86. The molecule has 1 aliphatic rings. The minimum absolute atomic E-state index is 0.128. The Balaban J connectivity index is 2.13. The van der Waals surface area contributed by atoms with Gasteiger partial charge in [0.1, 0.15) is 0 Å². The molecular formula is C13H19N3O3. The van der Waals surface area contributed by atoms with E-state index in [1.54, 1.807) is 7.05 Å². The summed E-state index contributed by atoms with van der Waals surface area (Å²) in [6.07, 6.45) is 5.81. The Bertz CT molecular complexity index is 495. The molecule has 0 bridgehead atoms. The molecular weight excluding hydrogens is 246 g/mol. The second kappa shape index (κ2) is 5.42. The highest BCUT2D eigenvalue weighted by atomic mass is 16.4. The van der Waals surface area contributed by atoms with Crippen molar-refractivity contribution >= 4 is 11.9 Å². The molecule has 104 valence electrons. The first-order valence-electron chi connectivity index (χ1n) is 6.57. The predicted molar refractivity (Wildman–Crippen MR) is 69.1 cm³/mol. The number of aryl methyl sites for hydroxylation is 1. The van der Waals surface area contributed by atoms with Gasteiger partial charge < -0.3 is 10.4 Å². The van der Waals surface area contributed by atoms with Gasteiger partial charge in [-0.25, -0.2) is 4.79 Å². The fourth-order valence-electron chi connectivity index (χ4n) is 2.59. The predicted octanol–water partition coefficient (Wildman–Crippen LogP) is 1.43. The van der Waals surface area contributed by atoms with Crippen molar-refractivity contribution in [1.82, 2.24) is 15.1 Å². The lowest BCUT2D eigenvalue weighted by Gasteiger charge is -2.29. The maximum absolute atomic E-state index is 12.2. The Morgan fingerprint density at radius 1 is 1.42 bits per heavy atom. The van der Waals surface area contributed by atoms with Crippen LogP contribution in [0.3, 0.4) is 0 Å². The van der Waals surface area contributed by atoms with Gasteiger partial charge in [-0.2, -0.15) is 5.10 Å². The monoisotopic (exact) mass is 265 g/mol. The third kappa shape index (κ3) is 2.94. The van der Waals surface area contributed by atoms with Crippen molar-refractivity contribution in [3.8, 4) is 0 Å². The van der Waals surface area contributed by atoms with Gasteiger partial charge in [0.15, 0.2) is 5.69 Å². The number of amides is 1. The number of aromatic nitrogens is 2. The van der Waals surface area contributed by atoms with Crippen LogP contribution in [0, 0.1) is 5.92 Å². The summed E-state index contributed by atoms with van der Waals surface area (Å²) >= 11 is 0.